The van der Waals surface area contributed by atoms with Gasteiger partial charge in [0.1, 0.15) is 0 Å². The molecule has 0 spiro atoms. The summed E-state index contributed by atoms with van der Waals surface area (Å²) >= 11 is 1.68. The number of halogens is 3. The van der Waals surface area contributed by atoms with E-state index >= 15 is 0 Å². The fraction of sp³-hybridized carbons (Fsp3) is 0.353. The zero-order chi connectivity index (χ0) is 17.6. The van der Waals surface area contributed by atoms with Crippen molar-refractivity contribution < 1.29 is 18.0 Å². The van der Waals surface area contributed by atoms with Crippen LogP contribution in [-0.4, -0.2) is 18.5 Å². The van der Waals surface area contributed by atoms with Gasteiger partial charge in [-0.25, -0.2) is 0 Å². The predicted octanol–water partition coefficient (Wildman–Crippen LogP) is 4.32. The third kappa shape index (κ3) is 5.98. The van der Waals surface area contributed by atoms with Crippen LogP contribution >= 0.6 is 11.3 Å². The molecule has 2 N–H and O–H groups in total. The lowest BCUT2D eigenvalue weighted by molar-refractivity contribution is -0.137. The van der Waals surface area contributed by atoms with Gasteiger partial charge >= 0.3 is 6.18 Å². The molecule has 0 saturated carbocycles. The van der Waals surface area contributed by atoms with Gasteiger partial charge in [0, 0.05) is 29.6 Å². The van der Waals surface area contributed by atoms with Crippen LogP contribution < -0.4 is 10.6 Å². The van der Waals surface area contributed by atoms with Crippen molar-refractivity contribution in [3.8, 4) is 0 Å². The first-order valence-electron chi connectivity index (χ1n) is 7.57. The van der Waals surface area contributed by atoms with Gasteiger partial charge in [-0.15, -0.1) is 11.3 Å². The van der Waals surface area contributed by atoms with Crippen molar-refractivity contribution in [3.05, 3.63) is 52.2 Å². The Kier molecular flexibility index (Phi) is 6.39. The molecule has 7 heteroatoms. The minimum Gasteiger partial charge on any atom is -0.326 e. The molecule has 0 aliphatic carbocycles. The summed E-state index contributed by atoms with van der Waals surface area (Å²) in [5, 5.41) is 7.77. The lowest BCUT2D eigenvalue weighted by Crippen LogP contribution is -2.32. The highest BCUT2D eigenvalue weighted by Gasteiger charge is 2.30. The summed E-state index contributed by atoms with van der Waals surface area (Å²) in [6.45, 7) is 2.62. The maximum atomic E-state index is 12.6. The first kappa shape index (κ1) is 18.5. The maximum absolute atomic E-state index is 12.6. The summed E-state index contributed by atoms with van der Waals surface area (Å²) in [7, 11) is 0. The van der Waals surface area contributed by atoms with E-state index in [1.165, 1.54) is 17.0 Å². The molecular weight excluding hydrogens is 337 g/mol. The Bertz CT molecular complexity index is 656. The zero-order valence-electron chi connectivity index (χ0n) is 13.2. The fourth-order valence-electron chi connectivity index (χ4n) is 2.23. The number of nitrogens with one attached hydrogen (secondary N) is 2. The van der Waals surface area contributed by atoms with Crippen molar-refractivity contribution in [3.63, 3.8) is 0 Å². The smallest absolute Gasteiger partial charge is 0.326 e. The Morgan fingerprint density at radius 3 is 2.71 bits per heavy atom. The number of rotatable bonds is 7. The number of anilines is 1. The highest BCUT2D eigenvalue weighted by Crippen LogP contribution is 2.30. The van der Waals surface area contributed by atoms with E-state index in [1.54, 1.807) is 11.3 Å². The van der Waals surface area contributed by atoms with Crippen molar-refractivity contribution in [1.82, 2.24) is 5.32 Å². The molecule has 0 saturated heterocycles. The summed E-state index contributed by atoms with van der Waals surface area (Å²) in [4.78, 5) is 13.2. The molecule has 2 aromatic rings. The lowest BCUT2D eigenvalue weighted by atomic mass is 10.1. The number of carbonyl (C=O) groups is 1. The van der Waals surface area contributed by atoms with Crippen LogP contribution in [0.2, 0.25) is 0 Å². The SMILES string of the molecule is CC(CC(=O)Nc1cccc(C(F)(F)F)c1)NCCc1cccs1. The summed E-state index contributed by atoms with van der Waals surface area (Å²) in [6.07, 6.45) is -3.34. The first-order valence-corrected chi connectivity index (χ1v) is 8.45. The van der Waals surface area contributed by atoms with Crippen molar-refractivity contribution in [2.75, 3.05) is 11.9 Å². The standard InChI is InChI=1S/C17H19F3N2OS/c1-12(21-8-7-15-6-3-9-24-15)10-16(23)22-14-5-2-4-13(11-14)17(18,19)20/h2-6,9,11-12,21H,7-8,10H2,1H3,(H,22,23). The Labute approximate surface area is 142 Å². The van der Waals surface area contributed by atoms with E-state index in [0.29, 0.717) is 0 Å². The van der Waals surface area contributed by atoms with Crippen molar-refractivity contribution >= 4 is 22.9 Å². The molecule has 1 amide bonds. The molecule has 24 heavy (non-hydrogen) atoms. The molecule has 1 atom stereocenters. The Morgan fingerprint density at radius 1 is 1.25 bits per heavy atom. The largest absolute Gasteiger partial charge is 0.416 e. The van der Waals surface area contributed by atoms with Crippen LogP contribution in [-0.2, 0) is 17.4 Å². The van der Waals surface area contributed by atoms with Crippen molar-refractivity contribution in [1.29, 1.82) is 0 Å². The normalized spacial score (nSPS) is 12.8. The molecule has 2 rings (SSSR count). The highest BCUT2D eigenvalue weighted by molar-refractivity contribution is 7.09. The quantitative estimate of drug-likeness (QED) is 0.776. The van der Waals surface area contributed by atoms with Gasteiger partial charge in [0.05, 0.1) is 5.56 Å². The van der Waals surface area contributed by atoms with Gasteiger partial charge in [0.15, 0.2) is 0 Å². The second-order valence-electron chi connectivity index (χ2n) is 5.52. The Hall–Kier alpha value is -1.86. The van der Waals surface area contributed by atoms with Gasteiger partial charge in [-0.3, -0.25) is 4.79 Å². The van der Waals surface area contributed by atoms with Gasteiger partial charge in [0.25, 0.3) is 0 Å². The third-order valence-electron chi connectivity index (χ3n) is 3.41. The lowest BCUT2D eigenvalue weighted by Gasteiger charge is -2.14. The third-order valence-corrected chi connectivity index (χ3v) is 4.35. The van der Waals surface area contributed by atoms with E-state index in [0.717, 1.165) is 25.1 Å². The monoisotopic (exact) mass is 356 g/mol. The zero-order valence-corrected chi connectivity index (χ0v) is 14.0. The molecule has 0 aliphatic rings. The first-order chi connectivity index (χ1) is 11.3. The highest BCUT2D eigenvalue weighted by atomic mass is 32.1. The average molecular weight is 356 g/mol. The molecule has 3 nitrogen and oxygen atoms in total. The van der Waals surface area contributed by atoms with Crippen LogP contribution in [0, 0.1) is 0 Å². The van der Waals surface area contributed by atoms with E-state index in [4.69, 9.17) is 0 Å². The van der Waals surface area contributed by atoms with Crippen LogP contribution in [0.5, 0.6) is 0 Å². The van der Waals surface area contributed by atoms with E-state index in [-0.39, 0.29) is 24.1 Å². The van der Waals surface area contributed by atoms with E-state index in [1.807, 2.05) is 18.4 Å². The maximum Gasteiger partial charge on any atom is 0.416 e. The van der Waals surface area contributed by atoms with Crippen LogP contribution in [0.15, 0.2) is 41.8 Å². The molecule has 1 aromatic heterocycles. The van der Waals surface area contributed by atoms with Crippen molar-refractivity contribution in [2.45, 2.75) is 32.0 Å². The summed E-state index contributed by atoms with van der Waals surface area (Å²) in [6, 6.07) is 8.62. The summed E-state index contributed by atoms with van der Waals surface area (Å²) in [5.74, 6) is -0.314. The fourth-order valence-corrected chi connectivity index (χ4v) is 2.94. The molecule has 0 radical (unpaired) electrons. The van der Waals surface area contributed by atoms with Crippen molar-refractivity contribution in [2.24, 2.45) is 0 Å². The number of benzene rings is 1. The second kappa shape index (κ2) is 8.30. The van der Waals surface area contributed by atoms with E-state index in [9.17, 15) is 18.0 Å². The molecule has 1 unspecified atom stereocenters. The Morgan fingerprint density at radius 2 is 2.04 bits per heavy atom. The molecule has 0 aliphatic heterocycles. The van der Waals surface area contributed by atoms with Crippen LogP contribution in [0.25, 0.3) is 0 Å². The predicted molar refractivity (Wildman–Crippen MR) is 90.2 cm³/mol. The number of thiophene rings is 1. The van der Waals surface area contributed by atoms with Gasteiger partial charge in [-0.2, -0.15) is 13.2 Å². The molecule has 130 valence electrons. The molecule has 0 bridgehead atoms. The van der Waals surface area contributed by atoms with E-state index < -0.39 is 11.7 Å². The number of carbonyl (C=O) groups excluding carboxylic acids is 1. The number of amides is 1. The van der Waals surface area contributed by atoms with Gasteiger partial charge in [-0.05, 0) is 43.0 Å². The second-order valence-corrected chi connectivity index (χ2v) is 6.55. The minimum atomic E-state index is -4.42. The summed E-state index contributed by atoms with van der Waals surface area (Å²) in [5.41, 5.74) is -0.622. The molecule has 1 heterocycles. The average Bonchev–Trinajstić information content (AvgIpc) is 2.99. The minimum absolute atomic E-state index is 0.0595. The number of alkyl halides is 3. The van der Waals surface area contributed by atoms with Gasteiger partial charge < -0.3 is 10.6 Å². The van der Waals surface area contributed by atoms with E-state index in [2.05, 4.69) is 16.7 Å². The molecule has 0 fully saturated rings. The van der Waals surface area contributed by atoms with Crippen LogP contribution in [0.3, 0.4) is 0 Å². The summed E-state index contributed by atoms with van der Waals surface area (Å²) < 4.78 is 37.9. The molecular formula is C17H19F3N2OS. The number of hydrogen-bond acceptors (Lipinski definition) is 3. The van der Waals surface area contributed by atoms with Crippen LogP contribution in [0.4, 0.5) is 18.9 Å². The topological polar surface area (TPSA) is 41.1 Å². The van der Waals surface area contributed by atoms with Gasteiger partial charge in [-0.1, -0.05) is 12.1 Å². The Balaban J connectivity index is 1.78. The number of hydrogen-bond donors (Lipinski definition) is 2. The van der Waals surface area contributed by atoms with Gasteiger partial charge in [0.2, 0.25) is 5.91 Å². The van der Waals surface area contributed by atoms with Crippen LogP contribution in [0.1, 0.15) is 23.8 Å². The molecule has 1 aromatic carbocycles.